The van der Waals surface area contributed by atoms with Gasteiger partial charge in [0.25, 0.3) is 5.91 Å². The van der Waals surface area contributed by atoms with Crippen LogP contribution in [-0.2, 0) is 4.79 Å². The van der Waals surface area contributed by atoms with E-state index in [2.05, 4.69) is 5.10 Å². The van der Waals surface area contributed by atoms with Crippen LogP contribution in [0, 0.1) is 6.92 Å². The zero-order valence-electron chi connectivity index (χ0n) is 14.9. The van der Waals surface area contributed by atoms with Gasteiger partial charge >= 0.3 is 0 Å². The summed E-state index contributed by atoms with van der Waals surface area (Å²) >= 11 is 6.20. The Balaban J connectivity index is 1.63. The van der Waals surface area contributed by atoms with Crippen LogP contribution in [0.5, 0.6) is 0 Å². The molecule has 0 unspecified atom stereocenters. The number of halogens is 1. The molecule has 27 heavy (non-hydrogen) atoms. The molecular weight excluding hydrogens is 360 g/mol. The van der Waals surface area contributed by atoms with Gasteiger partial charge in [0.2, 0.25) is 0 Å². The van der Waals surface area contributed by atoms with E-state index in [4.69, 9.17) is 16.0 Å². The maximum Gasteiger partial charge on any atom is 0.280 e. The lowest BCUT2D eigenvalue weighted by atomic mass is 10.1. The van der Waals surface area contributed by atoms with Gasteiger partial charge in [-0.15, -0.1) is 0 Å². The average molecular weight is 377 g/mol. The molecule has 1 aliphatic rings. The number of amides is 1. The second kappa shape index (κ2) is 6.89. The first-order valence-electron chi connectivity index (χ1n) is 8.56. The molecule has 0 N–H and O–H groups in total. The summed E-state index contributed by atoms with van der Waals surface area (Å²) in [6, 6.07) is 18.8. The largest absolute Gasteiger partial charge is 0.457 e. The van der Waals surface area contributed by atoms with Gasteiger partial charge in [0.05, 0.1) is 17.0 Å². The zero-order chi connectivity index (χ0) is 19.0. The van der Waals surface area contributed by atoms with Crippen LogP contribution in [0.15, 0.2) is 75.8 Å². The molecule has 0 spiro atoms. The number of nitrogens with zero attached hydrogens (tertiary/aromatic N) is 2. The van der Waals surface area contributed by atoms with Gasteiger partial charge < -0.3 is 4.42 Å². The van der Waals surface area contributed by atoms with E-state index in [0.29, 0.717) is 27.8 Å². The predicted molar refractivity (Wildman–Crippen MR) is 109 cm³/mol. The molecule has 4 rings (SSSR count). The summed E-state index contributed by atoms with van der Waals surface area (Å²) in [6.07, 6.45) is 1.73. The van der Waals surface area contributed by atoms with Crippen molar-refractivity contribution in [2.75, 3.05) is 5.01 Å². The summed E-state index contributed by atoms with van der Waals surface area (Å²) < 4.78 is 5.90. The number of carbonyl (C=O) groups is 1. The monoisotopic (exact) mass is 376 g/mol. The molecule has 3 aromatic rings. The molecule has 0 fully saturated rings. The summed E-state index contributed by atoms with van der Waals surface area (Å²) in [5, 5.41) is 6.48. The highest BCUT2D eigenvalue weighted by Gasteiger charge is 2.28. The molecular formula is C22H17ClN2O2. The third kappa shape index (κ3) is 3.32. The summed E-state index contributed by atoms with van der Waals surface area (Å²) in [7, 11) is 0. The summed E-state index contributed by atoms with van der Waals surface area (Å²) in [6.45, 7) is 3.77. The first-order chi connectivity index (χ1) is 13.0. The minimum Gasteiger partial charge on any atom is -0.457 e. The lowest BCUT2D eigenvalue weighted by molar-refractivity contribution is -0.114. The van der Waals surface area contributed by atoms with Gasteiger partial charge in [0.15, 0.2) is 0 Å². The van der Waals surface area contributed by atoms with Gasteiger partial charge in [-0.1, -0.05) is 41.9 Å². The Morgan fingerprint density at radius 3 is 2.56 bits per heavy atom. The highest BCUT2D eigenvalue weighted by atomic mass is 35.5. The number of benzene rings is 2. The van der Waals surface area contributed by atoms with Crippen LogP contribution in [0.4, 0.5) is 5.69 Å². The zero-order valence-corrected chi connectivity index (χ0v) is 15.7. The van der Waals surface area contributed by atoms with Crippen molar-refractivity contribution in [3.63, 3.8) is 0 Å². The second-order valence-corrected chi connectivity index (χ2v) is 6.77. The molecule has 4 nitrogen and oxygen atoms in total. The first kappa shape index (κ1) is 17.3. The van der Waals surface area contributed by atoms with E-state index in [-0.39, 0.29) is 5.91 Å². The van der Waals surface area contributed by atoms with Crippen molar-refractivity contribution in [2.45, 2.75) is 13.8 Å². The van der Waals surface area contributed by atoms with E-state index >= 15 is 0 Å². The molecule has 0 radical (unpaired) electrons. The number of anilines is 1. The average Bonchev–Trinajstić information content (AvgIpc) is 3.25. The van der Waals surface area contributed by atoms with Gasteiger partial charge in [-0.3, -0.25) is 4.79 Å². The van der Waals surface area contributed by atoms with Gasteiger partial charge in [-0.25, -0.2) is 0 Å². The van der Waals surface area contributed by atoms with Crippen LogP contribution in [0.1, 0.15) is 18.2 Å². The number of furan rings is 1. The molecule has 1 aromatic heterocycles. The molecule has 5 heteroatoms. The number of para-hydroxylation sites is 1. The first-order valence-corrected chi connectivity index (χ1v) is 8.94. The molecule has 1 aliphatic heterocycles. The van der Waals surface area contributed by atoms with Crippen molar-refractivity contribution in [3.05, 3.63) is 82.6 Å². The number of hydrogen-bond acceptors (Lipinski definition) is 3. The van der Waals surface area contributed by atoms with E-state index in [1.54, 1.807) is 6.08 Å². The molecule has 0 bridgehead atoms. The van der Waals surface area contributed by atoms with Gasteiger partial charge in [-0.05, 0) is 55.8 Å². The van der Waals surface area contributed by atoms with Gasteiger partial charge in [0.1, 0.15) is 11.5 Å². The Morgan fingerprint density at radius 2 is 1.81 bits per heavy atom. The maximum atomic E-state index is 12.8. The summed E-state index contributed by atoms with van der Waals surface area (Å²) in [4.78, 5) is 12.8. The van der Waals surface area contributed by atoms with E-state index < -0.39 is 0 Å². The van der Waals surface area contributed by atoms with E-state index in [0.717, 1.165) is 16.8 Å². The topological polar surface area (TPSA) is 45.8 Å². The third-order valence-corrected chi connectivity index (χ3v) is 4.84. The van der Waals surface area contributed by atoms with Crippen molar-refractivity contribution >= 4 is 35.0 Å². The number of aryl methyl sites for hydroxylation is 1. The quantitative estimate of drug-likeness (QED) is 0.549. The smallest absolute Gasteiger partial charge is 0.280 e. The fourth-order valence-corrected chi connectivity index (χ4v) is 3.08. The van der Waals surface area contributed by atoms with Crippen LogP contribution < -0.4 is 5.01 Å². The van der Waals surface area contributed by atoms with Crippen LogP contribution in [-0.4, -0.2) is 11.6 Å². The van der Waals surface area contributed by atoms with E-state index in [1.807, 2.05) is 74.5 Å². The Bertz CT molecular complexity index is 1080. The molecule has 0 saturated carbocycles. The number of hydrogen-bond donors (Lipinski definition) is 0. The highest BCUT2D eigenvalue weighted by molar-refractivity contribution is 6.32. The fourth-order valence-electron chi connectivity index (χ4n) is 2.90. The maximum absolute atomic E-state index is 12.8. The lowest BCUT2D eigenvalue weighted by Crippen LogP contribution is -2.21. The van der Waals surface area contributed by atoms with Crippen LogP contribution >= 0.6 is 11.6 Å². The fraction of sp³-hybridized carbons (Fsp3) is 0.0909. The molecule has 2 aromatic carbocycles. The van der Waals surface area contributed by atoms with Crippen molar-refractivity contribution in [2.24, 2.45) is 5.10 Å². The Hall–Kier alpha value is -3.11. The molecule has 134 valence electrons. The lowest BCUT2D eigenvalue weighted by Gasteiger charge is -2.10. The van der Waals surface area contributed by atoms with Crippen LogP contribution in [0.25, 0.3) is 17.4 Å². The van der Waals surface area contributed by atoms with Crippen molar-refractivity contribution in [3.8, 4) is 11.3 Å². The SMILES string of the molecule is CC1=NN(c2ccccc2)C(=O)/C1=C\c1ccc(-c2ccc(C)c(Cl)c2)o1. The van der Waals surface area contributed by atoms with Crippen molar-refractivity contribution in [1.29, 1.82) is 0 Å². The highest BCUT2D eigenvalue weighted by Crippen LogP contribution is 2.29. The molecule has 0 aliphatic carbocycles. The molecule has 2 heterocycles. The van der Waals surface area contributed by atoms with Gasteiger partial charge in [0, 0.05) is 10.6 Å². The third-order valence-electron chi connectivity index (χ3n) is 4.43. The van der Waals surface area contributed by atoms with Crippen molar-refractivity contribution < 1.29 is 9.21 Å². The van der Waals surface area contributed by atoms with E-state index in [1.165, 1.54) is 5.01 Å². The van der Waals surface area contributed by atoms with Crippen LogP contribution in [0.3, 0.4) is 0 Å². The minimum absolute atomic E-state index is 0.171. The normalized spacial score (nSPS) is 15.5. The number of carbonyl (C=O) groups excluding carboxylic acids is 1. The number of hydrazone groups is 1. The summed E-state index contributed by atoms with van der Waals surface area (Å²) in [5.74, 6) is 1.12. The van der Waals surface area contributed by atoms with Gasteiger partial charge in [-0.2, -0.15) is 10.1 Å². The Labute approximate surface area is 162 Å². The Morgan fingerprint density at radius 1 is 1.04 bits per heavy atom. The Kier molecular flexibility index (Phi) is 4.42. The van der Waals surface area contributed by atoms with Crippen molar-refractivity contribution in [1.82, 2.24) is 0 Å². The predicted octanol–water partition coefficient (Wildman–Crippen LogP) is 5.71. The molecule has 0 saturated heterocycles. The molecule has 0 atom stereocenters. The standard InChI is InChI=1S/C22H17ClN2O2/c1-14-8-9-16(12-20(14)23)21-11-10-18(27-21)13-19-15(2)24-25(22(19)26)17-6-4-3-5-7-17/h3-13H,1-2H3/b19-13-. The summed E-state index contributed by atoms with van der Waals surface area (Å²) in [5.41, 5.74) is 3.81. The van der Waals surface area contributed by atoms with E-state index in [9.17, 15) is 4.79 Å². The number of rotatable bonds is 3. The second-order valence-electron chi connectivity index (χ2n) is 6.36. The minimum atomic E-state index is -0.171. The van der Waals surface area contributed by atoms with Crippen LogP contribution in [0.2, 0.25) is 5.02 Å². The molecule has 1 amide bonds.